The highest BCUT2D eigenvalue weighted by Crippen LogP contribution is 2.17. The van der Waals surface area contributed by atoms with E-state index in [9.17, 15) is 8.78 Å². The average Bonchev–Trinajstić information content (AvgIpc) is 2.65. The second kappa shape index (κ2) is 3.88. The van der Waals surface area contributed by atoms with Gasteiger partial charge in [-0.15, -0.1) is 0 Å². The Labute approximate surface area is 90.9 Å². The Kier molecular flexibility index (Phi) is 2.55. The summed E-state index contributed by atoms with van der Waals surface area (Å²) in [4.78, 5) is 3.81. The first-order chi connectivity index (χ1) is 7.61. The van der Waals surface area contributed by atoms with Crippen molar-refractivity contribution in [2.75, 3.05) is 12.4 Å². The Hall–Kier alpha value is -1.98. The molecule has 6 heteroatoms. The van der Waals surface area contributed by atoms with Crippen molar-refractivity contribution in [1.29, 1.82) is 0 Å². The Morgan fingerprint density at radius 2 is 2.06 bits per heavy atom. The molecule has 2 heterocycles. The van der Waals surface area contributed by atoms with Gasteiger partial charge in [-0.3, -0.25) is 0 Å². The standard InChI is InChI=1S/C10H10F2N4/c1-6-3-4-16(15-6)10-8(12)5-7(11)9(13-2)14-10/h3-5H,1-2H3,(H,13,14). The summed E-state index contributed by atoms with van der Waals surface area (Å²) >= 11 is 0. The summed E-state index contributed by atoms with van der Waals surface area (Å²) in [6.45, 7) is 1.77. The molecule has 0 aliphatic rings. The normalized spacial score (nSPS) is 10.5. The number of halogens is 2. The molecule has 0 radical (unpaired) electrons. The molecule has 0 saturated heterocycles. The highest BCUT2D eigenvalue weighted by atomic mass is 19.1. The zero-order valence-electron chi connectivity index (χ0n) is 8.83. The van der Waals surface area contributed by atoms with E-state index in [-0.39, 0.29) is 11.6 Å². The SMILES string of the molecule is CNc1nc(-n2ccc(C)n2)c(F)cc1F. The van der Waals surface area contributed by atoms with E-state index in [1.54, 1.807) is 19.2 Å². The van der Waals surface area contributed by atoms with Crippen molar-refractivity contribution >= 4 is 5.82 Å². The molecule has 1 N–H and O–H groups in total. The number of hydrogen-bond acceptors (Lipinski definition) is 3. The van der Waals surface area contributed by atoms with Crippen LogP contribution in [0.1, 0.15) is 5.69 Å². The molecule has 2 rings (SSSR count). The van der Waals surface area contributed by atoms with Crippen molar-refractivity contribution < 1.29 is 8.78 Å². The van der Waals surface area contributed by atoms with Crippen molar-refractivity contribution in [2.24, 2.45) is 0 Å². The first-order valence-corrected chi connectivity index (χ1v) is 4.68. The van der Waals surface area contributed by atoms with Crippen LogP contribution in [0.4, 0.5) is 14.6 Å². The molecule has 2 aromatic rings. The van der Waals surface area contributed by atoms with E-state index < -0.39 is 11.6 Å². The smallest absolute Gasteiger partial charge is 0.191 e. The number of aromatic nitrogens is 3. The summed E-state index contributed by atoms with van der Waals surface area (Å²) < 4.78 is 27.9. The number of rotatable bonds is 2. The van der Waals surface area contributed by atoms with Crippen molar-refractivity contribution in [3.63, 3.8) is 0 Å². The minimum atomic E-state index is -0.750. The predicted molar refractivity (Wildman–Crippen MR) is 55.6 cm³/mol. The van der Waals surface area contributed by atoms with Crippen molar-refractivity contribution in [2.45, 2.75) is 6.92 Å². The highest BCUT2D eigenvalue weighted by Gasteiger charge is 2.12. The van der Waals surface area contributed by atoms with Gasteiger partial charge in [-0.25, -0.2) is 18.4 Å². The summed E-state index contributed by atoms with van der Waals surface area (Å²) in [6, 6.07) is 2.49. The molecule has 0 atom stereocenters. The molecule has 16 heavy (non-hydrogen) atoms. The second-order valence-corrected chi connectivity index (χ2v) is 3.28. The summed E-state index contributed by atoms with van der Waals surface area (Å²) in [5, 5.41) is 6.56. The van der Waals surface area contributed by atoms with Crippen molar-refractivity contribution in [3.05, 3.63) is 35.7 Å². The van der Waals surface area contributed by atoms with Gasteiger partial charge in [0.25, 0.3) is 0 Å². The van der Waals surface area contributed by atoms with Crippen LogP contribution in [0.15, 0.2) is 18.3 Å². The van der Waals surface area contributed by atoms with Gasteiger partial charge in [-0.05, 0) is 13.0 Å². The highest BCUT2D eigenvalue weighted by molar-refractivity contribution is 5.41. The van der Waals surface area contributed by atoms with E-state index in [0.717, 1.165) is 11.8 Å². The molecule has 0 unspecified atom stereocenters. The largest absolute Gasteiger partial charge is 0.371 e. The topological polar surface area (TPSA) is 42.7 Å². The number of aryl methyl sites for hydroxylation is 1. The minimum absolute atomic E-state index is 0.00967. The molecule has 84 valence electrons. The first-order valence-electron chi connectivity index (χ1n) is 4.68. The monoisotopic (exact) mass is 224 g/mol. The van der Waals surface area contributed by atoms with Crippen LogP contribution < -0.4 is 5.32 Å². The summed E-state index contributed by atoms with van der Waals surface area (Å²) in [6.07, 6.45) is 1.57. The molecule has 2 aromatic heterocycles. The molecule has 0 aliphatic carbocycles. The van der Waals surface area contributed by atoms with Gasteiger partial charge in [0, 0.05) is 19.3 Å². The second-order valence-electron chi connectivity index (χ2n) is 3.28. The molecule has 0 amide bonds. The van der Waals surface area contributed by atoms with Gasteiger partial charge in [-0.2, -0.15) is 5.10 Å². The number of nitrogens with zero attached hydrogens (tertiary/aromatic N) is 3. The zero-order chi connectivity index (χ0) is 11.7. The number of anilines is 1. The maximum atomic E-state index is 13.5. The van der Waals surface area contributed by atoms with Gasteiger partial charge in [0.15, 0.2) is 23.3 Å². The maximum Gasteiger partial charge on any atom is 0.191 e. The van der Waals surface area contributed by atoms with Crippen LogP contribution in [0.2, 0.25) is 0 Å². The molecule has 4 nitrogen and oxygen atoms in total. The third-order valence-corrected chi connectivity index (χ3v) is 2.09. The Morgan fingerprint density at radius 3 is 2.62 bits per heavy atom. The van der Waals surface area contributed by atoms with Crippen molar-refractivity contribution in [3.8, 4) is 5.82 Å². The van der Waals surface area contributed by atoms with E-state index in [4.69, 9.17) is 0 Å². The van der Waals surface area contributed by atoms with Gasteiger partial charge in [-0.1, -0.05) is 0 Å². The Balaban J connectivity index is 2.56. The molecular formula is C10H10F2N4. The lowest BCUT2D eigenvalue weighted by Gasteiger charge is -2.06. The Morgan fingerprint density at radius 1 is 1.31 bits per heavy atom. The predicted octanol–water partition coefficient (Wildman–Crippen LogP) is 1.90. The van der Waals surface area contributed by atoms with Gasteiger partial charge < -0.3 is 5.32 Å². The molecule has 0 saturated carbocycles. The lowest BCUT2D eigenvalue weighted by atomic mass is 10.4. The zero-order valence-corrected chi connectivity index (χ0v) is 8.83. The number of pyridine rings is 1. The van der Waals surface area contributed by atoms with E-state index in [1.165, 1.54) is 11.7 Å². The van der Waals surface area contributed by atoms with Crippen LogP contribution >= 0.6 is 0 Å². The molecule has 0 aliphatic heterocycles. The van der Waals surface area contributed by atoms with E-state index in [1.807, 2.05) is 0 Å². The average molecular weight is 224 g/mol. The van der Waals surface area contributed by atoms with Gasteiger partial charge >= 0.3 is 0 Å². The van der Waals surface area contributed by atoms with Gasteiger partial charge in [0.05, 0.1) is 5.69 Å². The van der Waals surface area contributed by atoms with Crippen molar-refractivity contribution in [1.82, 2.24) is 14.8 Å². The lowest BCUT2D eigenvalue weighted by molar-refractivity contribution is 0.563. The van der Waals surface area contributed by atoms with Crippen LogP contribution in [0.3, 0.4) is 0 Å². The summed E-state index contributed by atoms with van der Waals surface area (Å²) in [7, 11) is 1.52. The van der Waals surface area contributed by atoms with E-state index in [2.05, 4.69) is 15.4 Å². The fourth-order valence-corrected chi connectivity index (χ4v) is 1.33. The quantitative estimate of drug-likeness (QED) is 0.847. The van der Waals surface area contributed by atoms with Crippen LogP contribution in [-0.2, 0) is 0 Å². The molecule has 0 fully saturated rings. The van der Waals surface area contributed by atoms with Gasteiger partial charge in [0.2, 0.25) is 0 Å². The van der Waals surface area contributed by atoms with E-state index in [0.29, 0.717) is 0 Å². The fourth-order valence-electron chi connectivity index (χ4n) is 1.33. The van der Waals surface area contributed by atoms with Crippen LogP contribution in [0.5, 0.6) is 0 Å². The maximum absolute atomic E-state index is 13.5. The molecular weight excluding hydrogens is 214 g/mol. The molecule has 0 bridgehead atoms. The first kappa shape index (κ1) is 10.5. The van der Waals surface area contributed by atoms with E-state index >= 15 is 0 Å². The minimum Gasteiger partial charge on any atom is -0.371 e. The summed E-state index contributed by atoms with van der Waals surface area (Å²) in [5.74, 6) is -1.52. The number of nitrogens with one attached hydrogen (secondary N) is 1. The third kappa shape index (κ3) is 1.73. The molecule has 0 aromatic carbocycles. The van der Waals surface area contributed by atoms with Crippen LogP contribution in [0, 0.1) is 18.6 Å². The van der Waals surface area contributed by atoms with Gasteiger partial charge in [0.1, 0.15) is 0 Å². The van der Waals surface area contributed by atoms with Crippen LogP contribution in [-0.4, -0.2) is 21.8 Å². The third-order valence-electron chi connectivity index (χ3n) is 2.09. The lowest BCUT2D eigenvalue weighted by Crippen LogP contribution is -2.06. The Bertz CT molecular complexity index is 522. The fraction of sp³-hybridized carbons (Fsp3) is 0.200. The number of hydrogen-bond donors (Lipinski definition) is 1. The van der Waals surface area contributed by atoms with Crippen LogP contribution in [0.25, 0.3) is 5.82 Å². The summed E-state index contributed by atoms with van der Waals surface area (Å²) in [5.41, 5.74) is 0.733. The molecule has 0 spiro atoms.